The fraction of sp³-hybridized carbons (Fsp3) is 0.864. The number of hydroxylamine groups is 2. The number of nitrogens with zero attached hydrogens (tertiary/aromatic N) is 1. The van der Waals surface area contributed by atoms with E-state index in [0.29, 0.717) is 17.7 Å². The lowest BCUT2D eigenvalue weighted by atomic mass is 9.53. The zero-order chi connectivity index (χ0) is 17.6. The minimum absolute atomic E-state index is 0.265. The SMILES string of the molecule is CCCON1C(C)CC2C3CCC4=CC(=O)CCC4C3CCC21CC. The summed E-state index contributed by atoms with van der Waals surface area (Å²) in [7, 11) is 0. The van der Waals surface area contributed by atoms with Gasteiger partial charge in [0.05, 0.1) is 6.61 Å². The van der Waals surface area contributed by atoms with E-state index in [2.05, 4.69) is 25.8 Å². The van der Waals surface area contributed by atoms with Gasteiger partial charge in [-0.25, -0.2) is 0 Å². The molecule has 1 heterocycles. The predicted molar refractivity (Wildman–Crippen MR) is 99.9 cm³/mol. The summed E-state index contributed by atoms with van der Waals surface area (Å²) >= 11 is 0. The molecule has 3 heteroatoms. The van der Waals surface area contributed by atoms with Crippen molar-refractivity contribution in [3.63, 3.8) is 0 Å². The van der Waals surface area contributed by atoms with E-state index in [1.54, 1.807) is 0 Å². The van der Waals surface area contributed by atoms with Crippen LogP contribution in [0.4, 0.5) is 0 Å². The summed E-state index contributed by atoms with van der Waals surface area (Å²) in [6, 6.07) is 0.542. The largest absolute Gasteiger partial charge is 0.298 e. The summed E-state index contributed by atoms with van der Waals surface area (Å²) in [6.07, 6.45) is 12.6. The Morgan fingerprint density at radius 2 is 2.04 bits per heavy atom. The minimum atomic E-state index is 0.265. The first-order chi connectivity index (χ1) is 12.1. The number of fused-ring (bicyclic) bond motifs is 5. The highest BCUT2D eigenvalue weighted by molar-refractivity contribution is 5.91. The highest BCUT2D eigenvalue weighted by Gasteiger charge is 2.59. The van der Waals surface area contributed by atoms with E-state index in [-0.39, 0.29) is 5.54 Å². The summed E-state index contributed by atoms with van der Waals surface area (Å²) in [5.41, 5.74) is 1.76. The topological polar surface area (TPSA) is 29.5 Å². The van der Waals surface area contributed by atoms with Crippen LogP contribution in [-0.2, 0) is 9.63 Å². The number of allylic oxidation sites excluding steroid dienone is 2. The molecule has 0 aromatic carbocycles. The van der Waals surface area contributed by atoms with Crippen LogP contribution in [0.5, 0.6) is 0 Å². The highest BCUT2D eigenvalue weighted by Crippen LogP contribution is 2.60. The van der Waals surface area contributed by atoms with Gasteiger partial charge < -0.3 is 0 Å². The average Bonchev–Trinajstić information content (AvgIpc) is 2.91. The van der Waals surface area contributed by atoms with Gasteiger partial charge >= 0.3 is 0 Å². The summed E-state index contributed by atoms with van der Waals surface area (Å²) < 4.78 is 0. The van der Waals surface area contributed by atoms with Crippen molar-refractivity contribution >= 4 is 5.78 Å². The van der Waals surface area contributed by atoms with Crippen molar-refractivity contribution in [3.8, 4) is 0 Å². The van der Waals surface area contributed by atoms with Crippen molar-refractivity contribution in [2.75, 3.05) is 6.61 Å². The molecule has 0 bridgehead atoms. The zero-order valence-corrected chi connectivity index (χ0v) is 16.3. The van der Waals surface area contributed by atoms with E-state index in [0.717, 1.165) is 50.0 Å². The summed E-state index contributed by atoms with van der Waals surface area (Å²) in [5, 5.41) is 2.44. The molecule has 2 saturated carbocycles. The van der Waals surface area contributed by atoms with Gasteiger partial charge in [0.15, 0.2) is 5.78 Å². The Bertz CT molecular complexity index is 556. The van der Waals surface area contributed by atoms with E-state index in [4.69, 9.17) is 4.84 Å². The van der Waals surface area contributed by atoms with Crippen molar-refractivity contribution in [1.29, 1.82) is 0 Å². The monoisotopic (exact) mass is 345 g/mol. The fourth-order valence-corrected chi connectivity index (χ4v) is 6.99. The van der Waals surface area contributed by atoms with Crippen LogP contribution in [0.1, 0.15) is 78.6 Å². The number of hydrogen-bond donors (Lipinski definition) is 0. The molecule has 0 aromatic heterocycles. The molecule has 1 saturated heterocycles. The maximum atomic E-state index is 11.8. The Balaban J connectivity index is 1.60. The van der Waals surface area contributed by atoms with Gasteiger partial charge in [0.2, 0.25) is 0 Å². The minimum Gasteiger partial charge on any atom is -0.298 e. The quantitative estimate of drug-likeness (QED) is 0.725. The van der Waals surface area contributed by atoms with Crippen LogP contribution in [0.2, 0.25) is 0 Å². The second-order valence-electron chi connectivity index (χ2n) is 9.04. The van der Waals surface area contributed by atoms with Crippen LogP contribution >= 0.6 is 0 Å². The van der Waals surface area contributed by atoms with Crippen molar-refractivity contribution < 1.29 is 9.63 Å². The van der Waals surface area contributed by atoms with Crippen LogP contribution in [0.15, 0.2) is 11.6 Å². The molecule has 4 rings (SSSR count). The van der Waals surface area contributed by atoms with E-state index < -0.39 is 0 Å². The van der Waals surface area contributed by atoms with Gasteiger partial charge in [-0.05, 0) is 88.0 Å². The number of ketones is 1. The molecule has 140 valence electrons. The molecule has 1 aliphatic heterocycles. The van der Waals surface area contributed by atoms with E-state index in [9.17, 15) is 4.79 Å². The van der Waals surface area contributed by atoms with Crippen LogP contribution in [0.25, 0.3) is 0 Å². The summed E-state index contributed by atoms with van der Waals surface area (Å²) in [4.78, 5) is 18.2. The molecule has 3 nitrogen and oxygen atoms in total. The smallest absolute Gasteiger partial charge is 0.155 e. The fourth-order valence-electron chi connectivity index (χ4n) is 6.99. The highest BCUT2D eigenvalue weighted by atomic mass is 16.7. The van der Waals surface area contributed by atoms with Crippen molar-refractivity contribution in [2.45, 2.75) is 90.1 Å². The molecule has 0 N–H and O–H groups in total. The van der Waals surface area contributed by atoms with Crippen LogP contribution in [0.3, 0.4) is 0 Å². The average molecular weight is 346 g/mol. The Labute approximate surface area is 153 Å². The Hall–Kier alpha value is -0.670. The number of carbonyl (C=O) groups is 1. The first-order valence-electron chi connectivity index (χ1n) is 10.8. The van der Waals surface area contributed by atoms with Gasteiger partial charge in [0.25, 0.3) is 0 Å². The molecule has 4 aliphatic rings. The maximum absolute atomic E-state index is 11.8. The molecule has 25 heavy (non-hydrogen) atoms. The lowest BCUT2D eigenvalue weighted by molar-refractivity contribution is -0.242. The van der Waals surface area contributed by atoms with Crippen LogP contribution < -0.4 is 0 Å². The molecule has 6 unspecified atom stereocenters. The van der Waals surface area contributed by atoms with Gasteiger partial charge in [0.1, 0.15) is 0 Å². The molecule has 0 radical (unpaired) electrons. The standard InChI is InChI=1S/C22H35NO2/c1-4-12-25-23-15(3)13-21-20-8-6-16-14-17(24)7-9-18(16)19(20)10-11-22(21,23)5-2/h14-15,18-21H,4-13H2,1-3H3. The molecule has 0 amide bonds. The maximum Gasteiger partial charge on any atom is 0.155 e. The molecule has 0 spiro atoms. The first kappa shape index (κ1) is 17.7. The number of rotatable bonds is 4. The Kier molecular flexibility index (Phi) is 4.83. The Morgan fingerprint density at radius 1 is 1.20 bits per heavy atom. The second-order valence-corrected chi connectivity index (χ2v) is 9.04. The third-order valence-corrected chi connectivity index (χ3v) is 7.96. The van der Waals surface area contributed by atoms with Gasteiger partial charge in [-0.15, -0.1) is 0 Å². The molecular formula is C22H35NO2. The van der Waals surface area contributed by atoms with Crippen LogP contribution in [-0.4, -0.2) is 29.0 Å². The van der Waals surface area contributed by atoms with Crippen molar-refractivity contribution in [3.05, 3.63) is 11.6 Å². The first-order valence-corrected chi connectivity index (χ1v) is 10.8. The van der Waals surface area contributed by atoms with Crippen molar-refractivity contribution in [1.82, 2.24) is 5.06 Å². The van der Waals surface area contributed by atoms with E-state index in [1.165, 1.54) is 37.7 Å². The normalized spacial score (nSPS) is 44.0. The van der Waals surface area contributed by atoms with Crippen LogP contribution in [0, 0.1) is 23.7 Å². The lowest BCUT2D eigenvalue weighted by Crippen LogP contribution is -2.56. The molecule has 6 atom stereocenters. The van der Waals surface area contributed by atoms with E-state index >= 15 is 0 Å². The van der Waals surface area contributed by atoms with Gasteiger partial charge in [-0.3, -0.25) is 9.63 Å². The summed E-state index contributed by atoms with van der Waals surface area (Å²) in [6.45, 7) is 7.80. The molecule has 3 aliphatic carbocycles. The molecule has 3 fully saturated rings. The second kappa shape index (κ2) is 6.81. The van der Waals surface area contributed by atoms with Crippen molar-refractivity contribution in [2.24, 2.45) is 23.7 Å². The van der Waals surface area contributed by atoms with E-state index in [1.807, 2.05) is 6.08 Å². The number of hydrogen-bond acceptors (Lipinski definition) is 3. The third-order valence-electron chi connectivity index (χ3n) is 7.96. The van der Waals surface area contributed by atoms with Gasteiger partial charge in [0, 0.05) is 18.0 Å². The molecule has 0 aromatic rings. The summed E-state index contributed by atoms with van der Waals surface area (Å²) in [5.74, 6) is 3.50. The number of carbonyl (C=O) groups excluding carboxylic acids is 1. The zero-order valence-electron chi connectivity index (χ0n) is 16.3. The lowest BCUT2D eigenvalue weighted by Gasteiger charge is -2.55. The van der Waals surface area contributed by atoms with Gasteiger partial charge in [-0.1, -0.05) is 19.4 Å². The van der Waals surface area contributed by atoms with Gasteiger partial charge in [-0.2, -0.15) is 5.06 Å². The predicted octanol–water partition coefficient (Wildman–Crippen LogP) is 4.91. The Morgan fingerprint density at radius 3 is 2.80 bits per heavy atom. The molecular weight excluding hydrogens is 310 g/mol. The third kappa shape index (κ3) is 2.73.